The van der Waals surface area contributed by atoms with Crippen LogP contribution in [0.25, 0.3) is 6.08 Å². The maximum atomic E-state index is 11.8. The Morgan fingerprint density at radius 3 is 2.60 bits per heavy atom. The standard InChI is InChI=1S/C23H27NO5S/c1-3-8-18-11-12-20(21(15-18)27-2)28-17-23(26)29-16-22(25)24-13-7-14-30-19-9-5-4-6-10-19/h3-6,8-12,15H,7,13-14,16-17H2,1-2H3,(H,24,25)/b8-3+. The molecule has 0 aliphatic rings. The first-order valence-corrected chi connectivity index (χ1v) is 10.6. The van der Waals surface area contributed by atoms with Gasteiger partial charge in [-0.2, -0.15) is 0 Å². The highest BCUT2D eigenvalue weighted by atomic mass is 32.2. The second kappa shape index (κ2) is 13.3. The highest BCUT2D eigenvalue weighted by Crippen LogP contribution is 2.28. The van der Waals surface area contributed by atoms with Crippen molar-refractivity contribution in [1.82, 2.24) is 5.32 Å². The van der Waals surface area contributed by atoms with Gasteiger partial charge < -0.3 is 19.5 Å². The SMILES string of the molecule is C/C=C/c1ccc(OCC(=O)OCC(=O)NCCCSc2ccccc2)c(OC)c1. The number of hydrogen-bond donors (Lipinski definition) is 1. The van der Waals surface area contributed by atoms with Gasteiger partial charge in [0, 0.05) is 11.4 Å². The first-order chi connectivity index (χ1) is 14.6. The number of allylic oxidation sites excluding steroid dienone is 1. The summed E-state index contributed by atoms with van der Waals surface area (Å²) in [5.41, 5.74) is 0.961. The van der Waals surface area contributed by atoms with Crippen molar-refractivity contribution in [3.8, 4) is 11.5 Å². The number of carbonyl (C=O) groups is 2. The molecule has 0 heterocycles. The maximum Gasteiger partial charge on any atom is 0.344 e. The average molecular weight is 430 g/mol. The summed E-state index contributed by atoms with van der Waals surface area (Å²) in [7, 11) is 1.53. The third kappa shape index (κ3) is 8.61. The number of nitrogens with one attached hydrogen (secondary N) is 1. The van der Waals surface area contributed by atoms with E-state index in [4.69, 9.17) is 14.2 Å². The molecule has 2 rings (SSSR count). The Bertz CT molecular complexity index is 839. The van der Waals surface area contributed by atoms with Gasteiger partial charge in [-0.3, -0.25) is 4.79 Å². The molecule has 0 aromatic heterocycles. The summed E-state index contributed by atoms with van der Waals surface area (Å²) in [6, 6.07) is 15.5. The van der Waals surface area contributed by atoms with Gasteiger partial charge in [-0.25, -0.2) is 4.79 Å². The van der Waals surface area contributed by atoms with Gasteiger partial charge in [0.15, 0.2) is 24.7 Å². The first-order valence-electron chi connectivity index (χ1n) is 9.66. The summed E-state index contributed by atoms with van der Waals surface area (Å²) in [5.74, 6) is 0.894. The van der Waals surface area contributed by atoms with Crippen LogP contribution in [0.4, 0.5) is 0 Å². The summed E-state index contributed by atoms with van der Waals surface area (Å²) in [6.07, 6.45) is 4.67. The molecular weight excluding hydrogens is 402 g/mol. The largest absolute Gasteiger partial charge is 0.493 e. The van der Waals surface area contributed by atoms with Crippen LogP contribution in [-0.4, -0.2) is 44.5 Å². The predicted octanol–water partition coefficient (Wildman–Crippen LogP) is 3.95. The summed E-state index contributed by atoms with van der Waals surface area (Å²) < 4.78 is 15.7. The van der Waals surface area contributed by atoms with Crippen molar-refractivity contribution < 1.29 is 23.8 Å². The highest BCUT2D eigenvalue weighted by molar-refractivity contribution is 7.99. The van der Waals surface area contributed by atoms with Crippen molar-refractivity contribution in [2.45, 2.75) is 18.2 Å². The topological polar surface area (TPSA) is 73.9 Å². The van der Waals surface area contributed by atoms with Gasteiger partial charge in [0.2, 0.25) is 0 Å². The zero-order valence-electron chi connectivity index (χ0n) is 17.3. The van der Waals surface area contributed by atoms with Gasteiger partial charge in [0.05, 0.1) is 7.11 Å². The van der Waals surface area contributed by atoms with Crippen molar-refractivity contribution in [2.24, 2.45) is 0 Å². The summed E-state index contributed by atoms with van der Waals surface area (Å²) in [6.45, 7) is 1.82. The zero-order valence-corrected chi connectivity index (χ0v) is 18.1. The van der Waals surface area contributed by atoms with E-state index in [1.807, 2.05) is 49.4 Å². The summed E-state index contributed by atoms with van der Waals surface area (Å²) in [4.78, 5) is 24.8. The fourth-order valence-electron chi connectivity index (χ4n) is 2.48. The van der Waals surface area contributed by atoms with E-state index in [-0.39, 0.29) is 19.1 Å². The van der Waals surface area contributed by atoms with Crippen molar-refractivity contribution in [3.63, 3.8) is 0 Å². The van der Waals surface area contributed by atoms with E-state index in [1.165, 1.54) is 12.0 Å². The lowest BCUT2D eigenvalue weighted by Gasteiger charge is -2.11. The van der Waals surface area contributed by atoms with Crippen molar-refractivity contribution in [1.29, 1.82) is 0 Å². The molecule has 30 heavy (non-hydrogen) atoms. The number of thioether (sulfide) groups is 1. The van der Waals surface area contributed by atoms with Crippen LogP contribution >= 0.6 is 11.8 Å². The van der Waals surface area contributed by atoms with Crippen molar-refractivity contribution >= 4 is 29.7 Å². The highest BCUT2D eigenvalue weighted by Gasteiger charge is 2.11. The number of amides is 1. The molecule has 0 spiro atoms. The number of carbonyl (C=O) groups excluding carboxylic acids is 2. The van der Waals surface area contributed by atoms with Crippen LogP contribution in [0.5, 0.6) is 11.5 Å². The lowest BCUT2D eigenvalue weighted by molar-refractivity contribution is -0.150. The third-order valence-electron chi connectivity index (χ3n) is 3.91. The number of hydrogen-bond acceptors (Lipinski definition) is 6. The van der Waals surface area contributed by atoms with Crippen LogP contribution < -0.4 is 14.8 Å². The first kappa shape index (κ1) is 23.3. The average Bonchev–Trinajstić information content (AvgIpc) is 2.77. The molecule has 0 atom stereocenters. The number of benzene rings is 2. The lowest BCUT2D eigenvalue weighted by Crippen LogP contribution is -2.30. The molecule has 160 valence electrons. The van der Waals surface area contributed by atoms with Crippen LogP contribution in [0.3, 0.4) is 0 Å². The van der Waals surface area contributed by atoms with Crippen LogP contribution in [0.15, 0.2) is 59.5 Å². The quantitative estimate of drug-likeness (QED) is 0.313. The Hall–Kier alpha value is -2.93. The van der Waals surface area contributed by atoms with E-state index in [0.29, 0.717) is 18.0 Å². The molecule has 6 nitrogen and oxygen atoms in total. The number of rotatable bonds is 12. The normalized spacial score (nSPS) is 10.6. The van der Waals surface area contributed by atoms with E-state index < -0.39 is 5.97 Å². The van der Waals surface area contributed by atoms with E-state index in [1.54, 1.807) is 17.8 Å². The van der Waals surface area contributed by atoms with Crippen LogP contribution in [0.1, 0.15) is 18.9 Å². The molecule has 7 heteroatoms. The van der Waals surface area contributed by atoms with Gasteiger partial charge in [0.1, 0.15) is 0 Å². The Labute approximate surface area is 181 Å². The number of methoxy groups -OCH3 is 1. The minimum absolute atomic E-state index is 0.305. The molecule has 0 unspecified atom stereocenters. The monoisotopic (exact) mass is 429 g/mol. The van der Waals surface area contributed by atoms with Gasteiger partial charge in [-0.15, -0.1) is 11.8 Å². The van der Waals surface area contributed by atoms with Crippen LogP contribution in [-0.2, 0) is 14.3 Å². The smallest absolute Gasteiger partial charge is 0.344 e. The minimum atomic E-state index is -0.621. The number of ether oxygens (including phenoxy) is 3. The Morgan fingerprint density at radius 1 is 1.07 bits per heavy atom. The molecule has 1 amide bonds. The fourth-order valence-corrected chi connectivity index (χ4v) is 3.36. The van der Waals surface area contributed by atoms with Gasteiger partial charge in [-0.1, -0.05) is 36.4 Å². The molecule has 2 aromatic carbocycles. The van der Waals surface area contributed by atoms with E-state index >= 15 is 0 Å². The van der Waals surface area contributed by atoms with Crippen molar-refractivity contribution in [2.75, 3.05) is 32.6 Å². The van der Waals surface area contributed by atoms with Gasteiger partial charge in [-0.05, 0) is 48.9 Å². The Kier molecular flexibility index (Phi) is 10.4. The van der Waals surface area contributed by atoms with Gasteiger partial charge >= 0.3 is 5.97 Å². The molecule has 0 radical (unpaired) electrons. The zero-order chi connectivity index (χ0) is 21.6. The van der Waals surface area contributed by atoms with Gasteiger partial charge in [0.25, 0.3) is 5.91 Å². The maximum absolute atomic E-state index is 11.8. The predicted molar refractivity (Wildman–Crippen MR) is 119 cm³/mol. The van der Waals surface area contributed by atoms with Crippen molar-refractivity contribution in [3.05, 3.63) is 60.2 Å². The van der Waals surface area contributed by atoms with E-state index in [9.17, 15) is 9.59 Å². The fraction of sp³-hybridized carbons (Fsp3) is 0.304. The summed E-state index contributed by atoms with van der Waals surface area (Å²) in [5, 5.41) is 2.74. The van der Waals surface area contributed by atoms with Crippen LogP contribution in [0.2, 0.25) is 0 Å². The second-order valence-corrected chi connectivity index (χ2v) is 7.39. The Morgan fingerprint density at radius 2 is 1.87 bits per heavy atom. The summed E-state index contributed by atoms with van der Waals surface area (Å²) >= 11 is 1.73. The minimum Gasteiger partial charge on any atom is -0.493 e. The molecular formula is C23H27NO5S. The third-order valence-corrected chi connectivity index (χ3v) is 5.01. The molecule has 0 aliphatic carbocycles. The molecule has 0 saturated heterocycles. The lowest BCUT2D eigenvalue weighted by atomic mass is 10.2. The molecule has 0 bridgehead atoms. The molecule has 0 fully saturated rings. The molecule has 2 aromatic rings. The van der Waals surface area contributed by atoms with Crippen LogP contribution in [0, 0.1) is 0 Å². The molecule has 1 N–H and O–H groups in total. The van der Waals surface area contributed by atoms with E-state index in [0.717, 1.165) is 17.7 Å². The second-order valence-electron chi connectivity index (χ2n) is 6.22. The van der Waals surface area contributed by atoms with E-state index in [2.05, 4.69) is 17.4 Å². The molecule has 0 saturated carbocycles. The molecule has 0 aliphatic heterocycles. The number of esters is 1. The Balaban J connectivity index is 1.61.